The zero-order chi connectivity index (χ0) is 14.3. The van der Waals surface area contributed by atoms with Crippen molar-refractivity contribution in [2.45, 2.75) is 32.2 Å². The van der Waals surface area contributed by atoms with Gasteiger partial charge in [-0.3, -0.25) is 4.79 Å². The Labute approximate surface area is 122 Å². The molecule has 0 saturated carbocycles. The highest BCUT2D eigenvalue weighted by molar-refractivity contribution is 9.10. The van der Waals surface area contributed by atoms with Crippen LogP contribution in [0.15, 0.2) is 22.7 Å². The van der Waals surface area contributed by atoms with Gasteiger partial charge in [-0.1, -0.05) is 15.9 Å². The molecule has 0 aliphatic heterocycles. The van der Waals surface area contributed by atoms with Crippen LogP contribution in [-0.2, 0) is 16.0 Å². The lowest BCUT2D eigenvalue weighted by Crippen LogP contribution is -2.24. The van der Waals surface area contributed by atoms with E-state index in [4.69, 9.17) is 15.2 Å². The van der Waals surface area contributed by atoms with E-state index >= 15 is 0 Å². The summed E-state index contributed by atoms with van der Waals surface area (Å²) in [4.78, 5) is 11.3. The third-order valence-electron chi connectivity index (χ3n) is 2.76. The van der Waals surface area contributed by atoms with Crippen LogP contribution < -0.4 is 10.5 Å². The van der Waals surface area contributed by atoms with Gasteiger partial charge in [-0.05, 0) is 43.5 Å². The predicted octanol–water partition coefficient (Wildman–Crippen LogP) is 2.67. The number of benzene rings is 1. The lowest BCUT2D eigenvalue weighted by Gasteiger charge is -2.13. The molecular formula is C14H20BrNO3. The normalized spacial score (nSPS) is 12.0. The van der Waals surface area contributed by atoms with Gasteiger partial charge in [0.2, 0.25) is 0 Å². The zero-order valence-electron chi connectivity index (χ0n) is 11.3. The van der Waals surface area contributed by atoms with Crippen LogP contribution in [0.25, 0.3) is 0 Å². The minimum Gasteiger partial charge on any atom is -0.497 e. The third-order valence-corrected chi connectivity index (χ3v) is 3.53. The Kier molecular flexibility index (Phi) is 6.87. The number of hydrogen-bond donors (Lipinski definition) is 1. The number of hydrogen-bond acceptors (Lipinski definition) is 4. The summed E-state index contributed by atoms with van der Waals surface area (Å²) in [6.45, 7) is 2.21. The second-order valence-electron chi connectivity index (χ2n) is 4.27. The van der Waals surface area contributed by atoms with Gasteiger partial charge in [0, 0.05) is 16.9 Å². The molecule has 2 N–H and O–H groups in total. The molecule has 0 spiro atoms. The Morgan fingerprint density at radius 2 is 2.21 bits per heavy atom. The van der Waals surface area contributed by atoms with E-state index in [9.17, 15) is 4.79 Å². The molecule has 0 heterocycles. The van der Waals surface area contributed by atoms with Crippen molar-refractivity contribution in [3.8, 4) is 5.75 Å². The molecule has 1 aromatic carbocycles. The van der Waals surface area contributed by atoms with E-state index in [1.807, 2.05) is 18.2 Å². The van der Waals surface area contributed by atoms with Crippen molar-refractivity contribution >= 4 is 21.9 Å². The molecule has 4 nitrogen and oxygen atoms in total. The number of rotatable bonds is 7. The van der Waals surface area contributed by atoms with Crippen molar-refractivity contribution in [1.82, 2.24) is 0 Å². The maximum atomic E-state index is 11.3. The van der Waals surface area contributed by atoms with Gasteiger partial charge < -0.3 is 15.2 Å². The van der Waals surface area contributed by atoms with Gasteiger partial charge in [0.1, 0.15) is 5.75 Å². The number of carbonyl (C=O) groups excluding carboxylic acids is 1. The molecule has 0 radical (unpaired) electrons. The minimum atomic E-state index is -0.192. The predicted molar refractivity (Wildman–Crippen MR) is 78.2 cm³/mol. The first-order valence-corrected chi connectivity index (χ1v) is 7.09. The van der Waals surface area contributed by atoms with Crippen LogP contribution in [-0.4, -0.2) is 25.7 Å². The first kappa shape index (κ1) is 16.0. The summed E-state index contributed by atoms with van der Waals surface area (Å²) in [6.07, 6.45) is 1.66. The summed E-state index contributed by atoms with van der Waals surface area (Å²) in [6, 6.07) is 5.70. The summed E-state index contributed by atoms with van der Waals surface area (Å²) in [7, 11) is 1.63. The first-order chi connectivity index (χ1) is 9.06. The quantitative estimate of drug-likeness (QED) is 0.781. The number of halogens is 1. The Morgan fingerprint density at radius 3 is 2.84 bits per heavy atom. The van der Waals surface area contributed by atoms with Crippen molar-refractivity contribution in [3.05, 3.63) is 28.2 Å². The average Bonchev–Trinajstić information content (AvgIpc) is 2.39. The van der Waals surface area contributed by atoms with E-state index < -0.39 is 0 Å². The van der Waals surface area contributed by atoms with E-state index in [-0.39, 0.29) is 12.0 Å². The lowest BCUT2D eigenvalue weighted by atomic mass is 10.0. The SMILES string of the molecule is CCOC(=O)CCC(N)Cc1cc(OC)ccc1Br. The Hall–Kier alpha value is -1.07. The fourth-order valence-corrected chi connectivity index (χ4v) is 2.16. The van der Waals surface area contributed by atoms with Crippen molar-refractivity contribution < 1.29 is 14.3 Å². The smallest absolute Gasteiger partial charge is 0.305 e. The first-order valence-electron chi connectivity index (χ1n) is 6.30. The van der Waals surface area contributed by atoms with E-state index in [0.29, 0.717) is 25.9 Å². The van der Waals surface area contributed by atoms with Crippen LogP contribution in [0.4, 0.5) is 0 Å². The maximum Gasteiger partial charge on any atom is 0.305 e. The fourth-order valence-electron chi connectivity index (χ4n) is 1.76. The summed E-state index contributed by atoms with van der Waals surface area (Å²) in [5.41, 5.74) is 7.12. The molecule has 0 aromatic heterocycles. The summed E-state index contributed by atoms with van der Waals surface area (Å²) < 4.78 is 11.1. The van der Waals surface area contributed by atoms with Crippen LogP contribution in [0.5, 0.6) is 5.75 Å². The van der Waals surface area contributed by atoms with Gasteiger partial charge in [0.25, 0.3) is 0 Å². The Morgan fingerprint density at radius 1 is 1.47 bits per heavy atom. The molecule has 0 aliphatic rings. The standard InChI is InChI=1S/C14H20BrNO3/c1-3-19-14(17)7-4-11(16)8-10-9-12(18-2)5-6-13(10)15/h5-6,9,11H,3-4,7-8,16H2,1-2H3. The lowest BCUT2D eigenvalue weighted by molar-refractivity contribution is -0.143. The molecule has 1 aromatic rings. The number of nitrogens with two attached hydrogens (primary N) is 1. The topological polar surface area (TPSA) is 61.5 Å². The fraction of sp³-hybridized carbons (Fsp3) is 0.500. The van der Waals surface area contributed by atoms with E-state index in [2.05, 4.69) is 15.9 Å². The van der Waals surface area contributed by atoms with Crippen LogP contribution in [0.1, 0.15) is 25.3 Å². The van der Waals surface area contributed by atoms with Gasteiger partial charge in [-0.15, -0.1) is 0 Å². The summed E-state index contributed by atoms with van der Waals surface area (Å²) in [5.74, 6) is 0.610. The van der Waals surface area contributed by atoms with Crippen LogP contribution >= 0.6 is 15.9 Å². The van der Waals surface area contributed by atoms with Crippen LogP contribution in [0.2, 0.25) is 0 Å². The van der Waals surface area contributed by atoms with E-state index in [0.717, 1.165) is 15.8 Å². The maximum absolute atomic E-state index is 11.3. The molecule has 106 valence electrons. The van der Waals surface area contributed by atoms with Gasteiger partial charge in [0.05, 0.1) is 13.7 Å². The van der Waals surface area contributed by atoms with Gasteiger partial charge >= 0.3 is 5.97 Å². The number of esters is 1. The number of methoxy groups -OCH3 is 1. The molecule has 0 bridgehead atoms. The molecular weight excluding hydrogens is 310 g/mol. The van der Waals surface area contributed by atoms with Crippen molar-refractivity contribution in [1.29, 1.82) is 0 Å². The molecule has 0 fully saturated rings. The molecule has 1 atom stereocenters. The highest BCUT2D eigenvalue weighted by Gasteiger charge is 2.11. The molecule has 1 rings (SSSR count). The Bertz CT molecular complexity index is 423. The van der Waals surface area contributed by atoms with Gasteiger partial charge in [-0.2, -0.15) is 0 Å². The second kappa shape index (κ2) is 8.17. The molecule has 19 heavy (non-hydrogen) atoms. The molecule has 0 aliphatic carbocycles. The molecule has 0 saturated heterocycles. The van der Waals surface area contributed by atoms with Crippen molar-refractivity contribution in [3.63, 3.8) is 0 Å². The van der Waals surface area contributed by atoms with Gasteiger partial charge in [0.15, 0.2) is 0 Å². The average molecular weight is 330 g/mol. The molecule has 5 heteroatoms. The molecule has 0 amide bonds. The summed E-state index contributed by atoms with van der Waals surface area (Å²) >= 11 is 3.49. The van der Waals surface area contributed by atoms with Gasteiger partial charge in [-0.25, -0.2) is 0 Å². The van der Waals surface area contributed by atoms with E-state index in [1.54, 1.807) is 14.0 Å². The second-order valence-corrected chi connectivity index (χ2v) is 5.12. The van der Waals surface area contributed by atoms with E-state index in [1.165, 1.54) is 0 Å². The molecule has 1 unspecified atom stereocenters. The highest BCUT2D eigenvalue weighted by atomic mass is 79.9. The highest BCUT2D eigenvalue weighted by Crippen LogP contribution is 2.24. The van der Waals surface area contributed by atoms with Crippen molar-refractivity contribution in [2.24, 2.45) is 5.73 Å². The number of ether oxygens (including phenoxy) is 2. The van der Waals surface area contributed by atoms with Crippen molar-refractivity contribution in [2.75, 3.05) is 13.7 Å². The van der Waals surface area contributed by atoms with Crippen LogP contribution in [0.3, 0.4) is 0 Å². The number of carbonyl (C=O) groups is 1. The summed E-state index contributed by atoms with van der Waals surface area (Å²) in [5, 5.41) is 0. The third kappa shape index (κ3) is 5.61. The van der Waals surface area contributed by atoms with Crippen LogP contribution in [0, 0.1) is 0 Å². The minimum absolute atomic E-state index is 0.0761. The Balaban J connectivity index is 2.52. The largest absolute Gasteiger partial charge is 0.497 e. The zero-order valence-corrected chi connectivity index (χ0v) is 12.9. The monoisotopic (exact) mass is 329 g/mol.